The van der Waals surface area contributed by atoms with Crippen LogP contribution in [-0.2, 0) is 20.8 Å². The van der Waals surface area contributed by atoms with E-state index in [1.54, 1.807) is 7.11 Å². The van der Waals surface area contributed by atoms with Gasteiger partial charge in [-0.25, -0.2) is 0 Å². The van der Waals surface area contributed by atoms with Crippen molar-refractivity contribution in [1.29, 1.82) is 0 Å². The van der Waals surface area contributed by atoms with E-state index in [2.05, 4.69) is 9.88 Å². The number of ether oxygens (including phenoxy) is 2. The first-order chi connectivity index (χ1) is 10.3. The lowest BCUT2D eigenvalue weighted by atomic mass is 10.1. The van der Waals surface area contributed by atoms with Crippen LogP contribution in [0.3, 0.4) is 0 Å². The highest BCUT2D eigenvalue weighted by molar-refractivity contribution is 5.78. The second-order valence-electron chi connectivity index (χ2n) is 5.55. The molecule has 1 aromatic heterocycles. The molecular formula is C15H21N3O3. The predicted molar refractivity (Wildman–Crippen MR) is 76.6 cm³/mol. The summed E-state index contributed by atoms with van der Waals surface area (Å²) in [7, 11) is 1.66. The normalized spacial score (nSPS) is 26.1. The molecule has 0 aliphatic carbocycles. The number of nitrogens with zero attached hydrogens (tertiary/aromatic N) is 3. The van der Waals surface area contributed by atoms with Gasteiger partial charge in [-0.1, -0.05) is 0 Å². The molecule has 0 aromatic carbocycles. The van der Waals surface area contributed by atoms with Crippen LogP contribution >= 0.6 is 0 Å². The maximum absolute atomic E-state index is 12.0. The van der Waals surface area contributed by atoms with Crippen molar-refractivity contribution in [2.45, 2.75) is 18.7 Å². The average Bonchev–Trinajstić information content (AvgIpc) is 2.90. The fraction of sp³-hybridized carbons (Fsp3) is 0.600. The molecular weight excluding hydrogens is 270 g/mol. The van der Waals surface area contributed by atoms with E-state index in [1.165, 1.54) is 5.56 Å². The zero-order valence-electron chi connectivity index (χ0n) is 12.3. The molecule has 2 unspecified atom stereocenters. The van der Waals surface area contributed by atoms with Gasteiger partial charge in [0, 0.05) is 45.7 Å². The second kappa shape index (κ2) is 6.51. The zero-order chi connectivity index (χ0) is 14.7. The minimum absolute atomic E-state index is 0.0686. The van der Waals surface area contributed by atoms with E-state index < -0.39 is 0 Å². The molecule has 6 heteroatoms. The zero-order valence-corrected chi connectivity index (χ0v) is 12.3. The Morgan fingerprint density at radius 1 is 1.38 bits per heavy atom. The fourth-order valence-corrected chi connectivity index (χ4v) is 3.10. The summed E-state index contributed by atoms with van der Waals surface area (Å²) < 4.78 is 10.8. The average molecular weight is 291 g/mol. The highest BCUT2D eigenvalue weighted by Gasteiger charge is 2.42. The molecule has 2 fully saturated rings. The van der Waals surface area contributed by atoms with E-state index >= 15 is 0 Å². The fourth-order valence-electron chi connectivity index (χ4n) is 3.10. The molecule has 1 aromatic rings. The first kappa shape index (κ1) is 14.4. The molecule has 0 radical (unpaired) electrons. The van der Waals surface area contributed by atoms with Crippen LogP contribution in [0.25, 0.3) is 0 Å². The smallest absolute Gasteiger partial charge is 0.249 e. The number of morpholine rings is 1. The molecule has 0 N–H and O–H groups in total. The van der Waals surface area contributed by atoms with E-state index in [9.17, 15) is 4.79 Å². The van der Waals surface area contributed by atoms with E-state index in [-0.39, 0.29) is 24.7 Å². The van der Waals surface area contributed by atoms with Crippen molar-refractivity contribution < 1.29 is 14.3 Å². The molecule has 2 atom stereocenters. The molecule has 0 bridgehead atoms. The number of methoxy groups -OCH3 is 1. The molecule has 3 rings (SSSR count). The van der Waals surface area contributed by atoms with Crippen LogP contribution in [-0.4, -0.2) is 72.8 Å². The maximum atomic E-state index is 12.0. The summed E-state index contributed by atoms with van der Waals surface area (Å²) in [6.07, 6.45) is 3.73. The maximum Gasteiger partial charge on any atom is 0.249 e. The quantitative estimate of drug-likeness (QED) is 0.772. The minimum atomic E-state index is 0.0686. The number of carbonyl (C=O) groups is 1. The highest BCUT2D eigenvalue weighted by Crippen LogP contribution is 2.24. The number of amides is 1. The Bertz CT molecular complexity index is 482. The SMILES string of the molecule is COCCN1C(=O)COC2CN(Cc3ccncc3)CC21. The molecule has 2 aliphatic rings. The van der Waals surface area contributed by atoms with Crippen molar-refractivity contribution in [3.63, 3.8) is 0 Å². The van der Waals surface area contributed by atoms with E-state index in [4.69, 9.17) is 9.47 Å². The van der Waals surface area contributed by atoms with E-state index in [0.29, 0.717) is 13.2 Å². The summed E-state index contributed by atoms with van der Waals surface area (Å²) in [6.45, 7) is 3.98. The molecule has 21 heavy (non-hydrogen) atoms. The molecule has 2 saturated heterocycles. The standard InChI is InChI=1S/C15H21N3O3/c1-20-7-6-18-13-9-17(8-12-2-4-16-5-3-12)10-14(13)21-11-15(18)19/h2-5,13-14H,6-11H2,1H3. The van der Waals surface area contributed by atoms with E-state index in [0.717, 1.165) is 19.6 Å². The molecule has 2 aliphatic heterocycles. The van der Waals surface area contributed by atoms with Crippen LogP contribution in [0, 0.1) is 0 Å². The third-order valence-electron chi connectivity index (χ3n) is 4.15. The summed E-state index contributed by atoms with van der Waals surface area (Å²) >= 11 is 0. The number of carbonyl (C=O) groups excluding carboxylic acids is 1. The van der Waals surface area contributed by atoms with Crippen molar-refractivity contribution in [3.05, 3.63) is 30.1 Å². The molecule has 1 amide bonds. The largest absolute Gasteiger partial charge is 0.383 e. The van der Waals surface area contributed by atoms with E-state index in [1.807, 2.05) is 29.4 Å². The third-order valence-corrected chi connectivity index (χ3v) is 4.15. The molecule has 3 heterocycles. The Labute approximate surface area is 124 Å². The number of aromatic nitrogens is 1. The lowest BCUT2D eigenvalue weighted by Crippen LogP contribution is -2.54. The van der Waals surface area contributed by atoms with Crippen LogP contribution in [0.15, 0.2) is 24.5 Å². The second-order valence-corrected chi connectivity index (χ2v) is 5.55. The summed E-state index contributed by atoms with van der Waals surface area (Å²) in [6, 6.07) is 4.19. The molecule has 0 saturated carbocycles. The predicted octanol–water partition coefficient (Wildman–Crippen LogP) is 0.140. The third kappa shape index (κ3) is 3.23. The van der Waals surface area contributed by atoms with Gasteiger partial charge >= 0.3 is 0 Å². The lowest BCUT2D eigenvalue weighted by Gasteiger charge is -2.36. The van der Waals surface area contributed by atoms with Crippen molar-refractivity contribution >= 4 is 5.91 Å². The molecule has 6 nitrogen and oxygen atoms in total. The van der Waals surface area contributed by atoms with Crippen LogP contribution < -0.4 is 0 Å². The Balaban J connectivity index is 1.64. The Hall–Kier alpha value is -1.50. The van der Waals surface area contributed by atoms with Crippen LogP contribution in [0.2, 0.25) is 0 Å². The summed E-state index contributed by atoms with van der Waals surface area (Å²) in [5, 5.41) is 0. The van der Waals surface area contributed by atoms with Gasteiger partial charge in [0.05, 0.1) is 18.8 Å². The molecule has 114 valence electrons. The first-order valence-electron chi connectivity index (χ1n) is 7.29. The Morgan fingerprint density at radius 2 is 2.19 bits per heavy atom. The topological polar surface area (TPSA) is 54.9 Å². The van der Waals surface area contributed by atoms with Gasteiger partial charge < -0.3 is 14.4 Å². The van der Waals surface area contributed by atoms with Crippen LogP contribution in [0.5, 0.6) is 0 Å². The lowest BCUT2D eigenvalue weighted by molar-refractivity contribution is -0.153. The van der Waals surface area contributed by atoms with Gasteiger partial charge in [0.15, 0.2) is 0 Å². The van der Waals surface area contributed by atoms with Gasteiger partial charge in [-0.15, -0.1) is 0 Å². The minimum Gasteiger partial charge on any atom is -0.383 e. The number of pyridine rings is 1. The van der Waals surface area contributed by atoms with Gasteiger partial charge in [-0.2, -0.15) is 0 Å². The van der Waals surface area contributed by atoms with Crippen molar-refractivity contribution in [2.24, 2.45) is 0 Å². The van der Waals surface area contributed by atoms with Crippen LogP contribution in [0.1, 0.15) is 5.56 Å². The number of rotatable bonds is 5. The first-order valence-corrected chi connectivity index (χ1v) is 7.29. The van der Waals surface area contributed by atoms with Gasteiger partial charge in [0.2, 0.25) is 5.91 Å². The number of likely N-dealkylation sites (tertiary alicyclic amines) is 1. The van der Waals surface area contributed by atoms with Crippen molar-refractivity contribution in [2.75, 3.05) is 40.0 Å². The summed E-state index contributed by atoms with van der Waals surface area (Å²) in [4.78, 5) is 20.3. The Kier molecular flexibility index (Phi) is 4.48. The van der Waals surface area contributed by atoms with Crippen molar-refractivity contribution in [3.8, 4) is 0 Å². The number of hydrogen-bond acceptors (Lipinski definition) is 5. The highest BCUT2D eigenvalue weighted by atomic mass is 16.5. The van der Waals surface area contributed by atoms with Crippen LogP contribution in [0.4, 0.5) is 0 Å². The Morgan fingerprint density at radius 3 is 2.95 bits per heavy atom. The monoisotopic (exact) mass is 291 g/mol. The van der Waals surface area contributed by atoms with Gasteiger partial charge in [0.25, 0.3) is 0 Å². The summed E-state index contributed by atoms with van der Waals surface area (Å²) in [5.74, 6) is 0.0686. The number of hydrogen-bond donors (Lipinski definition) is 0. The number of fused-ring (bicyclic) bond motifs is 1. The van der Waals surface area contributed by atoms with Gasteiger partial charge in [-0.3, -0.25) is 14.7 Å². The van der Waals surface area contributed by atoms with Crippen molar-refractivity contribution in [1.82, 2.24) is 14.8 Å². The molecule has 0 spiro atoms. The van der Waals surface area contributed by atoms with Gasteiger partial charge in [0.1, 0.15) is 6.61 Å². The summed E-state index contributed by atoms with van der Waals surface area (Å²) in [5.41, 5.74) is 1.23. The van der Waals surface area contributed by atoms with Gasteiger partial charge in [-0.05, 0) is 17.7 Å².